The third-order valence-corrected chi connectivity index (χ3v) is 3.89. The van der Waals surface area contributed by atoms with E-state index in [2.05, 4.69) is 5.32 Å². The number of ether oxygens (including phenoxy) is 2. The van der Waals surface area contributed by atoms with Crippen molar-refractivity contribution in [2.75, 3.05) is 20.8 Å². The van der Waals surface area contributed by atoms with Crippen LogP contribution in [0.4, 0.5) is 8.78 Å². The minimum Gasteiger partial charge on any atom is -0.494 e. The lowest BCUT2D eigenvalue weighted by Gasteiger charge is -2.29. The Morgan fingerprint density at radius 3 is 2.42 bits per heavy atom. The van der Waals surface area contributed by atoms with Crippen LogP contribution in [0.3, 0.4) is 0 Å². The molecule has 128 valence electrons. The van der Waals surface area contributed by atoms with Gasteiger partial charge in [0, 0.05) is 18.2 Å². The molecule has 0 saturated carbocycles. The molecule has 0 aliphatic heterocycles. The van der Waals surface area contributed by atoms with Crippen LogP contribution in [0.5, 0.6) is 5.75 Å². The van der Waals surface area contributed by atoms with E-state index < -0.39 is 23.1 Å². The molecule has 0 aliphatic rings. The molecule has 0 heterocycles. The van der Waals surface area contributed by atoms with Crippen molar-refractivity contribution in [3.05, 3.63) is 65.2 Å². The minimum atomic E-state index is -1.05. The number of hydrogen-bond donors (Lipinski definition) is 1. The molecule has 1 N–H and O–H groups in total. The van der Waals surface area contributed by atoms with Gasteiger partial charge >= 0.3 is 0 Å². The number of hydrogen-bond acceptors (Lipinski definition) is 3. The summed E-state index contributed by atoms with van der Waals surface area (Å²) in [6.07, 6.45) is 0. The Kier molecular flexibility index (Phi) is 5.51. The molecule has 0 aromatic heterocycles. The lowest BCUT2D eigenvalue weighted by atomic mass is 9.95. The number of carbonyl (C=O) groups is 1. The molecule has 0 aliphatic carbocycles. The summed E-state index contributed by atoms with van der Waals surface area (Å²) in [4.78, 5) is 12.2. The highest BCUT2D eigenvalue weighted by Crippen LogP contribution is 2.26. The quantitative estimate of drug-likeness (QED) is 0.881. The molecule has 2 rings (SSSR count). The predicted octanol–water partition coefficient (Wildman–Crippen LogP) is 3.27. The number of benzene rings is 2. The second-order valence-corrected chi connectivity index (χ2v) is 5.45. The monoisotopic (exact) mass is 335 g/mol. The first-order chi connectivity index (χ1) is 11.4. The highest BCUT2D eigenvalue weighted by Gasteiger charge is 2.30. The summed E-state index contributed by atoms with van der Waals surface area (Å²) < 4.78 is 37.9. The fraction of sp³-hybridized carbons (Fsp3) is 0.278. The van der Waals surface area contributed by atoms with Crippen molar-refractivity contribution >= 4 is 5.91 Å². The number of rotatable bonds is 6. The van der Waals surface area contributed by atoms with Crippen LogP contribution in [0.2, 0.25) is 0 Å². The van der Waals surface area contributed by atoms with Gasteiger partial charge in [-0.25, -0.2) is 8.78 Å². The Morgan fingerprint density at radius 1 is 1.12 bits per heavy atom. The summed E-state index contributed by atoms with van der Waals surface area (Å²) in [5.74, 6) is -1.49. The van der Waals surface area contributed by atoms with Gasteiger partial charge in [0.25, 0.3) is 5.91 Å². The molecule has 6 heteroatoms. The smallest absolute Gasteiger partial charge is 0.251 e. The Bertz CT molecular complexity index is 736. The fourth-order valence-electron chi connectivity index (χ4n) is 2.33. The van der Waals surface area contributed by atoms with Crippen molar-refractivity contribution in [2.24, 2.45) is 0 Å². The summed E-state index contributed by atoms with van der Waals surface area (Å²) in [5, 5.41) is 2.64. The zero-order valence-electron chi connectivity index (χ0n) is 13.7. The molecular weight excluding hydrogens is 316 g/mol. The van der Waals surface area contributed by atoms with E-state index in [-0.39, 0.29) is 17.9 Å². The molecule has 2 aromatic rings. The van der Waals surface area contributed by atoms with Crippen molar-refractivity contribution in [1.29, 1.82) is 0 Å². The van der Waals surface area contributed by atoms with E-state index in [9.17, 15) is 13.6 Å². The van der Waals surface area contributed by atoms with Crippen LogP contribution in [0, 0.1) is 11.6 Å². The largest absolute Gasteiger partial charge is 0.494 e. The standard InChI is InChI=1S/C18H19F2NO3/c1-18(24-3,13-6-4-5-7-14(13)19)11-21-17(22)12-8-9-16(23-2)15(20)10-12/h4-10H,11H2,1-3H3,(H,21,22)/t18-/m0/s1. The van der Waals surface area contributed by atoms with Gasteiger partial charge in [0.05, 0.1) is 13.7 Å². The first-order valence-corrected chi connectivity index (χ1v) is 7.33. The van der Waals surface area contributed by atoms with Gasteiger partial charge in [0.1, 0.15) is 11.4 Å². The molecular formula is C18H19F2NO3. The normalized spacial score (nSPS) is 13.2. The topological polar surface area (TPSA) is 47.6 Å². The molecule has 24 heavy (non-hydrogen) atoms. The van der Waals surface area contributed by atoms with Gasteiger partial charge in [-0.15, -0.1) is 0 Å². The van der Waals surface area contributed by atoms with E-state index in [0.29, 0.717) is 5.56 Å². The number of halogens is 2. The second-order valence-electron chi connectivity index (χ2n) is 5.45. The molecule has 0 saturated heterocycles. The van der Waals surface area contributed by atoms with Gasteiger partial charge in [-0.05, 0) is 31.2 Å². The Labute approximate surface area is 139 Å². The lowest BCUT2D eigenvalue weighted by Crippen LogP contribution is -2.40. The Balaban J connectivity index is 2.14. The third-order valence-electron chi connectivity index (χ3n) is 3.89. The van der Waals surface area contributed by atoms with Crippen LogP contribution in [0.25, 0.3) is 0 Å². The van der Waals surface area contributed by atoms with E-state index >= 15 is 0 Å². The van der Waals surface area contributed by atoms with Crippen LogP contribution >= 0.6 is 0 Å². The number of amides is 1. The highest BCUT2D eigenvalue weighted by molar-refractivity contribution is 5.94. The molecule has 0 radical (unpaired) electrons. The number of methoxy groups -OCH3 is 2. The van der Waals surface area contributed by atoms with Gasteiger partial charge in [0.2, 0.25) is 0 Å². The molecule has 0 bridgehead atoms. The van der Waals surface area contributed by atoms with Gasteiger partial charge < -0.3 is 14.8 Å². The molecule has 0 fully saturated rings. The van der Waals surface area contributed by atoms with E-state index in [1.165, 1.54) is 32.4 Å². The van der Waals surface area contributed by atoms with Crippen molar-refractivity contribution in [1.82, 2.24) is 5.32 Å². The summed E-state index contributed by atoms with van der Waals surface area (Å²) in [6.45, 7) is 1.69. The summed E-state index contributed by atoms with van der Waals surface area (Å²) in [6, 6.07) is 10.1. The van der Waals surface area contributed by atoms with Crippen LogP contribution in [-0.2, 0) is 10.3 Å². The Morgan fingerprint density at radius 2 is 1.83 bits per heavy atom. The van der Waals surface area contributed by atoms with Crippen molar-refractivity contribution < 1.29 is 23.0 Å². The maximum Gasteiger partial charge on any atom is 0.251 e. The Hall–Kier alpha value is -2.47. The molecule has 4 nitrogen and oxygen atoms in total. The average molecular weight is 335 g/mol. The average Bonchev–Trinajstić information content (AvgIpc) is 2.59. The first kappa shape index (κ1) is 17.9. The highest BCUT2D eigenvalue weighted by atomic mass is 19.1. The maximum atomic E-state index is 14.0. The van der Waals surface area contributed by atoms with E-state index in [1.54, 1.807) is 25.1 Å². The van der Waals surface area contributed by atoms with Gasteiger partial charge in [0.15, 0.2) is 11.6 Å². The zero-order chi connectivity index (χ0) is 17.7. The summed E-state index contributed by atoms with van der Waals surface area (Å²) in [7, 11) is 2.78. The maximum absolute atomic E-state index is 14.0. The second kappa shape index (κ2) is 7.40. The van der Waals surface area contributed by atoms with Crippen LogP contribution < -0.4 is 10.1 Å². The summed E-state index contributed by atoms with van der Waals surface area (Å²) in [5.41, 5.74) is -0.583. The third kappa shape index (κ3) is 3.71. The zero-order valence-corrected chi connectivity index (χ0v) is 13.7. The molecule has 1 atom stereocenters. The first-order valence-electron chi connectivity index (χ1n) is 7.33. The molecule has 1 amide bonds. The lowest BCUT2D eigenvalue weighted by molar-refractivity contribution is 0.000386. The van der Waals surface area contributed by atoms with Crippen LogP contribution in [0.1, 0.15) is 22.8 Å². The van der Waals surface area contributed by atoms with Gasteiger partial charge in [-0.1, -0.05) is 18.2 Å². The SMILES string of the molecule is COc1ccc(C(=O)NC[C@](C)(OC)c2ccccc2F)cc1F. The van der Waals surface area contributed by atoms with E-state index in [1.807, 2.05) is 0 Å². The van der Waals surface area contributed by atoms with E-state index in [4.69, 9.17) is 9.47 Å². The number of carbonyl (C=O) groups excluding carboxylic acids is 1. The van der Waals surface area contributed by atoms with Crippen molar-refractivity contribution in [3.63, 3.8) is 0 Å². The van der Waals surface area contributed by atoms with Crippen LogP contribution in [0.15, 0.2) is 42.5 Å². The van der Waals surface area contributed by atoms with Crippen molar-refractivity contribution in [3.8, 4) is 5.75 Å². The van der Waals surface area contributed by atoms with E-state index in [0.717, 1.165) is 6.07 Å². The molecule has 2 aromatic carbocycles. The molecule has 0 unspecified atom stereocenters. The minimum absolute atomic E-state index is 0.0247. The molecule has 0 spiro atoms. The summed E-state index contributed by atoms with van der Waals surface area (Å²) >= 11 is 0. The fourth-order valence-corrected chi connectivity index (χ4v) is 2.33. The van der Waals surface area contributed by atoms with Crippen LogP contribution in [-0.4, -0.2) is 26.7 Å². The van der Waals surface area contributed by atoms with Gasteiger partial charge in [-0.2, -0.15) is 0 Å². The number of nitrogens with one attached hydrogen (secondary N) is 1. The van der Waals surface area contributed by atoms with Gasteiger partial charge in [-0.3, -0.25) is 4.79 Å². The van der Waals surface area contributed by atoms with Crippen molar-refractivity contribution in [2.45, 2.75) is 12.5 Å². The predicted molar refractivity (Wildman–Crippen MR) is 86.0 cm³/mol.